The Morgan fingerprint density at radius 1 is 1.17 bits per heavy atom. The Balaban J connectivity index is 2.49. The van der Waals surface area contributed by atoms with Crippen molar-refractivity contribution >= 4 is 38.0 Å². The van der Waals surface area contributed by atoms with Gasteiger partial charge in [0, 0.05) is 15.9 Å². The third kappa shape index (κ3) is 4.56. The molecule has 2 unspecified atom stereocenters. The van der Waals surface area contributed by atoms with Gasteiger partial charge in [-0.3, -0.25) is 0 Å². The van der Waals surface area contributed by atoms with E-state index in [-0.39, 0.29) is 21.6 Å². The number of halogens is 5. The number of rotatable bonds is 0. The van der Waals surface area contributed by atoms with E-state index in [2.05, 4.69) is 31.9 Å². The molecule has 1 heterocycles. The second-order valence-corrected chi connectivity index (χ2v) is 9.29. The third-order valence-corrected chi connectivity index (χ3v) is 6.71. The summed E-state index contributed by atoms with van der Waals surface area (Å²) in [5.41, 5.74) is -0.992. The maximum Gasteiger partial charge on any atom is 0.432 e. The molecule has 0 radical (unpaired) electrons. The van der Waals surface area contributed by atoms with Crippen LogP contribution in [0, 0.1) is 0 Å². The maximum atomic E-state index is 13.6. The lowest BCUT2D eigenvalue weighted by atomic mass is 9.95. The third-order valence-electron chi connectivity index (χ3n) is 3.81. The number of nitrogens with zero attached hydrogens (tertiary/aromatic N) is 1. The zero-order chi connectivity index (χ0) is 18.3. The molecule has 1 aliphatic rings. The van der Waals surface area contributed by atoms with E-state index >= 15 is 0 Å². The number of carbonyl (C=O) groups is 1. The highest BCUT2D eigenvalue weighted by Crippen LogP contribution is 2.39. The van der Waals surface area contributed by atoms with Gasteiger partial charge in [0.15, 0.2) is 0 Å². The van der Waals surface area contributed by atoms with Gasteiger partial charge in [0.1, 0.15) is 11.3 Å². The highest BCUT2D eigenvalue weighted by atomic mass is 79.9. The fourth-order valence-corrected chi connectivity index (χ4v) is 3.78. The molecule has 136 valence electrons. The zero-order valence-corrected chi connectivity index (χ0v) is 16.9. The van der Waals surface area contributed by atoms with Crippen LogP contribution in [0.5, 0.6) is 0 Å². The molecule has 1 aromatic rings. The Hall–Kier alpha value is -0.500. The summed E-state index contributed by atoms with van der Waals surface area (Å²) in [6, 6.07) is 0. The van der Waals surface area contributed by atoms with Crippen LogP contribution in [0.1, 0.15) is 50.4 Å². The minimum atomic E-state index is -4.61. The van der Waals surface area contributed by atoms with Crippen molar-refractivity contribution in [1.82, 2.24) is 4.57 Å². The first-order valence-corrected chi connectivity index (χ1v) is 9.55. The van der Waals surface area contributed by atoms with Crippen LogP contribution in [0.2, 0.25) is 0 Å². The van der Waals surface area contributed by atoms with Gasteiger partial charge in [-0.15, -0.1) is 0 Å². The quantitative estimate of drug-likeness (QED) is 0.452. The first-order valence-electron chi connectivity index (χ1n) is 7.72. The summed E-state index contributed by atoms with van der Waals surface area (Å²) in [5, 5.41) is 0. The van der Waals surface area contributed by atoms with E-state index in [9.17, 15) is 18.0 Å². The molecular weight excluding hydrogens is 455 g/mol. The summed E-state index contributed by atoms with van der Waals surface area (Å²) in [7, 11) is 0. The molecule has 0 saturated heterocycles. The average Bonchev–Trinajstić information content (AvgIpc) is 2.77. The molecule has 0 fully saturated rings. The Bertz CT molecular complexity index is 620. The van der Waals surface area contributed by atoms with Crippen LogP contribution in [-0.2, 0) is 23.8 Å². The largest absolute Gasteiger partial charge is 0.443 e. The van der Waals surface area contributed by atoms with Gasteiger partial charge >= 0.3 is 12.3 Å². The van der Waals surface area contributed by atoms with E-state index in [0.29, 0.717) is 29.4 Å². The summed E-state index contributed by atoms with van der Waals surface area (Å²) in [4.78, 5) is 12.5. The summed E-state index contributed by atoms with van der Waals surface area (Å²) in [6.45, 7) is 4.88. The lowest BCUT2D eigenvalue weighted by Crippen LogP contribution is -2.29. The molecule has 0 aromatic carbocycles. The minimum absolute atomic E-state index is 0.0941. The molecule has 2 rings (SSSR count). The van der Waals surface area contributed by atoms with E-state index in [0.717, 1.165) is 0 Å². The molecule has 1 aromatic heterocycles. The van der Waals surface area contributed by atoms with Crippen molar-refractivity contribution in [3.05, 3.63) is 23.0 Å². The van der Waals surface area contributed by atoms with Crippen LogP contribution in [-0.4, -0.2) is 25.9 Å². The molecule has 0 aliphatic heterocycles. The normalized spacial score (nSPS) is 22.5. The number of fused-ring (bicyclic) bond motifs is 1. The molecule has 0 amide bonds. The predicted molar refractivity (Wildman–Crippen MR) is 93.1 cm³/mol. The van der Waals surface area contributed by atoms with Gasteiger partial charge in [-0.2, -0.15) is 13.2 Å². The summed E-state index contributed by atoms with van der Waals surface area (Å²) < 4.78 is 46.6. The van der Waals surface area contributed by atoms with Crippen molar-refractivity contribution in [3.8, 4) is 0 Å². The van der Waals surface area contributed by atoms with E-state index < -0.39 is 23.6 Å². The topological polar surface area (TPSA) is 31.2 Å². The molecule has 24 heavy (non-hydrogen) atoms. The second-order valence-electron chi connectivity index (χ2n) is 6.94. The predicted octanol–water partition coefficient (Wildman–Crippen LogP) is 5.70. The number of aromatic nitrogens is 1. The maximum absolute atomic E-state index is 13.6. The molecular formula is C16H20Br2F3NO2. The first kappa shape index (κ1) is 19.8. The minimum Gasteiger partial charge on any atom is -0.443 e. The lowest BCUT2D eigenvalue weighted by Gasteiger charge is -2.22. The van der Waals surface area contributed by atoms with Crippen LogP contribution in [0.3, 0.4) is 0 Å². The number of alkyl halides is 5. The number of aryl methyl sites for hydroxylation is 1. The van der Waals surface area contributed by atoms with Crippen LogP contribution in [0.15, 0.2) is 6.20 Å². The van der Waals surface area contributed by atoms with Crippen LogP contribution < -0.4 is 0 Å². The molecule has 8 heteroatoms. The molecule has 0 N–H and O–H groups in total. The number of hydrogen-bond acceptors (Lipinski definition) is 2. The van der Waals surface area contributed by atoms with Crippen molar-refractivity contribution < 1.29 is 22.7 Å². The highest BCUT2D eigenvalue weighted by molar-refractivity contribution is 9.12. The van der Waals surface area contributed by atoms with Gasteiger partial charge in [0.05, 0.1) is 0 Å². The summed E-state index contributed by atoms with van der Waals surface area (Å²) in [5.74, 6) is 0. The average molecular weight is 475 g/mol. The summed E-state index contributed by atoms with van der Waals surface area (Å²) in [6.07, 6.45) is -2.32. The van der Waals surface area contributed by atoms with E-state index in [1.54, 1.807) is 20.8 Å². The second kappa shape index (κ2) is 7.02. The SMILES string of the molecule is CC(C)(C)OC(=O)n1cc2c(c1C(F)(F)F)CCC(Br)C(Br)CC2. The Kier molecular flexibility index (Phi) is 5.79. The molecule has 2 atom stereocenters. The number of ether oxygens (including phenoxy) is 1. The Morgan fingerprint density at radius 2 is 1.71 bits per heavy atom. The molecule has 0 saturated carbocycles. The van der Waals surface area contributed by atoms with Gasteiger partial charge in [-0.1, -0.05) is 31.9 Å². The van der Waals surface area contributed by atoms with Crippen molar-refractivity contribution in [2.24, 2.45) is 0 Å². The highest BCUT2D eigenvalue weighted by Gasteiger charge is 2.41. The van der Waals surface area contributed by atoms with Gasteiger partial charge in [0.25, 0.3) is 0 Å². The van der Waals surface area contributed by atoms with Crippen LogP contribution in [0.4, 0.5) is 18.0 Å². The van der Waals surface area contributed by atoms with Crippen LogP contribution in [0.25, 0.3) is 0 Å². The molecule has 0 spiro atoms. The van der Waals surface area contributed by atoms with Gasteiger partial charge in [0.2, 0.25) is 0 Å². The summed E-state index contributed by atoms with van der Waals surface area (Å²) >= 11 is 7.07. The number of hydrogen-bond donors (Lipinski definition) is 0. The van der Waals surface area contributed by atoms with E-state index in [1.165, 1.54) is 6.20 Å². The standard InChI is InChI=1S/C16H20Br2F3NO2/c1-15(2,3)24-14(23)22-8-9-4-6-11(17)12(18)7-5-10(9)13(22)16(19,20)21/h8,11-12H,4-7H2,1-3H3. The molecule has 3 nitrogen and oxygen atoms in total. The van der Waals surface area contributed by atoms with Gasteiger partial charge in [-0.05, 0) is 57.6 Å². The van der Waals surface area contributed by atoms with Crippen molar-refractivity contribution in [1.29, 1.82) is 0 Å². The van der Waals surface area contributed by atoms with Gasteiger partial charge in [-0.25, -0.2) is 9.36 Å². The van der Waals surface area contributed by atoms with Crippen molar-refractivity contribution in [3.63, 3.8) is 0 Å². The molecule has 0 bridgehead atoms. The lowest BCUT2D eigenvalue weighted by molar-refractivity contribution is -0.143. The van der Waals surface area contributed by atoms with Crippen molar-refractivity contribution in [2.45, 2.75) is 67.9 Å². The van der Waals surface area contributed by atoms with Crippen LogP contribution >= 0.6 is 31.9 Å². The monoisotopic (exact) mass is 473 g/mol. The van der Waals surface area contributed by atoms with E-state index in [4.69, 9.17) is 4.74 Å². The molecule has 1 aliphatic carbocycles. The first-order chi connectivity index (χ1) is 10.9. The van der Waals surface area contributed by atoms with Gasteiger partial charge < -0.3 is 4.74 Å². The fourth-order valence-electron chi connectivity index (χ4n) is 2.79. The smallest absolute Gasteiger partial charge is 0.432 e. The Morgan fingerprint density at radius 3 is 2.21 bits per heavy atom. The zero-order valence-electron chi connectivity index (χ0n) is 13.7. The fraction of sp³-hybridized carbons (Fsp3) is 0.688. The van der Waals surface area contributed by atoms with Crippen molar-refractivity contribution in [2.75, 3.05) is 0 Å². The van der Waals surface area contributed by atoms with E-state index in [1.807, 2.05) is 0 Å². The number of carbonyl (C=O) groups excluding carboxylic acids is 1. The Labute approximate surface area is 156 Å².